The third-order valence-corrected chi connectivity index (χ3v) is 2.14. The van der Waals surface area contributed by atoms with Crippen molar-refractivity contribution in [2.24, 2.45) is 0 Å². The topological polar surface area (TPSA) is 37.8 Å². The quantitative estimate of drug-likeness (QED) is 0.851. The molecule has 16 heavy (non-hydrogen) atoms. The molecule has 3 heteroatoms. The molecule has 0 unspecified atom stereocenters. The minimum Gasteiger partial charge on any atom is -0.380 e. The lowest BCUT2D eigenvalue weighted by Crippen LogP contribution is -2.10. The number of benzene rings is 1. The predicted octanol–water partition coefficient (Wildman–Crippen LogP) is 2.96. The van der Waals surface area contributed by atoms with Gasteiger partial charge in [-0.15, -0.1) is 0 Å². The van der Waals surface area contributed by atoms with E-state index >= 15 is 0 Å². The molecule has 82 valence electrons. The van der Waals surface area contributed by atoms with Crippen molar-refractivity contribution < 1.29 is 0 Å². The Balaban J connectivity index is 2.20. The first kappa shape index (κ1) is 10.6. The van der Waals surface area contributed by atoms with Crippen LogP contribution in [0.2, 0.25) is 0 Å². The highest BCUT2D eigenvalue weighted by Crippen LogP contribution is 2.14. The number of hydrogen-bond donors (Lipinski definition) is 1. The van der Waals surface area contributed by atoms with E-state index in [4.69, 9.17) is 0 Å². The molecule has 0 aliphatic carbocycles. The van der Waals surface area contributed by atoms with Crippen LogP contribution in [-0.4, -0.2) is 16.0 Å². The summed E-state index contributed by atoms with van der Waals surface area (Å²) in [5.74, 6) is 0.759. The van der Waals surface area contributed by atoms with Gasteiger partial charge in [-0.25, -0.2) is 9.97 Å². The summed E-state index contributed by atoms with van der Waals surface area (Å²) < 4.78 is 0. The molecule has 0 radical (unpaired) electrons. The van der Waals surface area contributed by atoms with Crippen molar-refractivity contribution in [1.29, 1.82) is 0 Å². The molecular formula is C13H15N3. The number of anilines is 1. The lowest BCUT2D eigenvalue weighted by atomic mass is 10.2. The van der Waals surface area contributed by atoms with E-state index in [2.05, 4.69) is 29.1 Å². The molecule has 0 bridgehead atoms. The lowest BCUT2D eigenvalue weighted by molar-refractivity contribution is 0.895. The minimum absolute atomic E-state index is 0.395. The molecule has 3 nitrogen and oxygen atoms in total. The first-order valence-corrected chi connectivity index (χ1v) is 5.40. The van der Waals surface area contributed by atoms with Gasteiger partial charge >= 0.3 is 0 Å². The van der Waals surface area contributed by atoms with Crippen LogP contribution in [0, 0.1) is 0 Å². The summed E-state index contributed by atoms with van der Waals surface area (Å²) >= 11 is 0. The molecular weight excluding hydrogens is 198 g/mol. The van der Waals surface area contributed by atoms with Crippen LogP contribution in [0.3, 0.4) is 0 Å². The largest absolute Gasteiger partial charge is 0.380 e. The number of hydrogen-bond acceptors (Lipinski definition) is 3. The van der Waals surface area contributed by atoms with Gasteiger partial charge in [0.25, 0.3) is 0 Å². The van der Waals surface area contributed by atoms with E-state index in [0.29, 0.717) is 6.04 Å². The molecule has 0 spiro atoms. The van der Waals surface area contributed by atoms with Gasteiger partial charge in [-0.2, -0.15) is 0 Å². The Hall–Kier alpha value is -1.90. The maximum absolute atomic E-state index is 4.33. The summed E-state index contributed by atoms with van der Waals surface area (Å²) in [5, 5.41) is 3.26. The molecule has 0 saturated carbocycles. The Morgan fingerprint density at radius 1 is 1.00 bits per heavy atom. The number of rotatable bonds is 3. The van der Waals surface area contributed by atoms with Crippen LogP contribution in [0.25, 0.3) is 11.4 Å². The average molecular weight is 213 g/mol. The fraction of sp³-hybridized carbons (Fsp3) is 0.231. The van der Waals surface area contributed by atoms with Gasteiger partial charge in [0, 0.05) is 11.6 Å². The van der Waals surface area contributed by atoms with Crippen LogP contribution in [0.4, 0.5) is 5.69 Å². The van der Waals surface area contributed by atoms with Crippen molar-refractivity contribution >= 4 is 5.69 Å². The van der Waals surface area contributed by atoms with Gasteiger partial charge in [0.05, 0.1) is 18.1 Å². The zero-order valence-corrected chi connectivity index (χ0v) is 9.51. The first-order valence-electron chi connectivity index (χ1n) is 5.40. The molecule has 2 aromatic rings. The highest BCUT2D eigenvalue weighted by Gasteiger charge is 2.00. The summed E-state index contributed by atoms with van der Waals surface area (Å²) in [5.41, 5.74) is 1.99. The normalized spacial score (nSPS) is 10.4. The number of aromatic nitrogens is 2. The fourth-order valence-electron chi connectivity index (χ4n) is 1.47. The van der Waals surface area contributed by atoms with E-state index in [1.165, 1.54) is 0 Å². The minimum atomic E-state index is 0.395. The van der Waals surface area contributed by atoms with Crippen LogP contribution in [-0.2, 0) is 0 Å². The Morgan fingerprint density at radius 3 is 2.19 bits per heavy atom. The van der Waals surface area contributed by atoms with Crippen LogP contribution in [0.5, 0.6) is 0 Å². The molecule has 2 rings (SSSR count). The highest BCUT2D eigenvalue weighted by atomic mass is 15.0. The van der Waals surface area contributed by atoms with Crippen LogP contribution in [0.15, 0.2) is 42.7 Å². The van der Waals surface area contributed by atoms with Gasteiger partial charge in [0.1, 0.15) is 0 Å². The van der Waals surface area contributed by atoms with Gasteiger partial charge in [-0.3, -0.25) is 0 Å². The Morgan fingerprint density at radius 2 is 1.62 bits per heavy atom. The van der Waals surface area contributed by atoms with E-state index in [1.54, 1.807) is 0 Å². The van der Waals surface area contributed by atoms with Gasteiger partial charge < -0.3 is 5.32 Å². The molecule has 0 aliphatic rings. The maximum atomic E-state index is 4.33. The van der Waals surface area contributed by atoms with E-state index in [-0.39, 0.29) is 0 Å². The molecule has 0 aliphatic heterocycles. The fourth-order valence-corrected chi connectivity index (χ4v) is 1.47. The zero-order chi connectivity index (χ0) is 11.4. The monoisotopic (exact) mass is 213 g/mol. The number of nitrogens with zero attached hydrogens (tertiary/aromatic N) is 2. The van der Waals surface area contributed by atoms with Crippen molar-refractivity contribution in [3.63, 3.8) is 0 Å². The van der Waals surface area contributed by atoms with Crippen LogP contribution >= 0.6 is 0 Å². The molecule has 0 fully saturated rings. The lowest BCUT2D eigenvalue weighted by Gasteiger charge is -2.09. The molecule has 0 amide bonds. The SMILES string of the molecule is CC(C)Nc1cnc(-c2ccccc2)nc1. The highest BCUT2D eigenvalue weighted by molar-refractivity contribution is 5.55. The second-order valence-electron chi connectivity index (χ2n) is 3.96. The van der Waals surface area contributed by atoms with Crippen LogP contribution < -0.4 is 5.32 Å². The Kier molecular flexibility index (Phi) is 3.15. The van der Waals surface area contributed by atoms with E-state index < -0.39 is 0 Å². The number of nitrogens with one attached hydrogen (secondary N) is 1. The van der Waals surface area contributed by atoms with Gasteiger partial charge in [-0.1, -0.05) is 30.3 Å². The average Bonchev–Trinajstić information content (AvgIpc) is 2.30. The summed E-state index contributed by atoms with van der Waals surface area (Å²) in [6.45, 7) is 4.18. The maximum Gasteiger partial charge on any atom is 0.159 e. The molecule has 1 aromatic carbocycles. The zero-order valence-electron chi connectivity index (χ0n) is 9.51. The van der Waals surface area contributed by atoms with E-state index in [9.17, 15) is 0 Å². The van der Waals surface area contributed by atoms with Crippen molar-refractivity contribution in [3.8, 4) is 11.4 Å². The Labute approximate surface area is 95.6 Å². The standard InChI is InChI=1S/C13H15N3/c1-10(2)16-12-8-14-13(15-9-12)11-6-4-3-5-7-11/h3-10,16H,1-2H3. The van der Waals surface area contributed by atoms with Crippen LogP contribution in [0.1, 0.15) is 13.8 Å². The molecule has 0 atom stereocenters. The van der Waals surface area contributed by atoms with Gasteiger partial charge in [0.2, 0.25) is 0 Å². The summed E-state index contributed by atoms with van der Waals surface area (Å²) in [7, 11) is 0. The third kappa shape index (κ3) is 2.57. The molecule has 1 heterocycles. The second kappa shape index (κ2) is 4.75. The summed E-state index contributed by atoms with van der Waals surface area (Å²) in [6, 6.07) is 10.4. The molecule has 1 aromatic heterocycles. The van der Waals surface area contributed by atoms with Gasteiger partial charge in [-0.05, 0) is 13.8 Å². The van der Waals surface area contributed by atoms with Crippen molar-refractivity contribution in [2.75, 3.05) is 5.32 Å². The van der Waals surface area contributed by atoms with Crippen molar-refractivity contribution in [1.82, 2.24) is 9.97 Å². The predicted molar refractivity (Wildman–Crippen MR) is 66.2 cm³/mol. The van der Waals surface area contributed by atoms with Crippen molar-refractivity contribution in [2.45, 2.75) is 19.9 Å². The smallest absolute Gasteiger partial charge is 0.159 e. The molecule has 1 N–H and O–H groups in total. The summed E-state index contributed by atoms with van der Waals surface area (Å²) in [4.78, 5) is 8.66. The Bertz CT molecular complexity index is 434. The second-order valence-corrected chi connectivity index (χ2v) is 3.96. The summed E-state index contributed by atoms with van der Waals surface area (Å²) in [6.07, 6.45) is 3.63. The molecule has 0 saturated heterocycles. The van der Waals surface area contributed by atoms with E-state index in [0.717, 1.165) is 17.1 Å². The van der Waals surface area contributed by atoms with Crippen molar-refractivity contribution in [3.05, 3.63) is 42.7 Å². The van der Waals surface area contributed by atoms with E-state index in [1.807, 2.05) is 42.7 Å². The third-order valence-electron chi connectivity index (χ3n) is 2.14. The van der Waals surface area contributed by atoms with Gasteiger partial charge in [0.15, 0.2) is 5.82 Å². The first-order chi connectivity index (χ1) is 7.75.